The van der Waals surface area contributed by atoms with E-state index in [0.717, 1.165) is 16.3 Å². The first-order valence-electron chi connectivity index (χ1n) is 5.15. The van der Waals surface area contributed by atoms with Crippen molar-refractivity contribution in [3.63, 3.8) is 0 Å². The van der Waals surface area contributed by atoms with Crippen molar-refractivity contribution in [1.82, 2.24) is 24.6 Å². The van der Waals surface area contributed by atoms with Crippen molar-refractivity contribution in [3.05, 3.63) is 20.9 Å². The van der Waals surface area contributed by atoms with Crippen LogP contribution in [0.1, 0.15) is 42.1 Å². The molecule has 2 aromatic rings. The molecule has 0 fully saturated rings. The normalized spacial score (nSPS) is 13.3. The second-order valence-electron chi connectivity index (χ2n) is 4.04. The summed E-state index contributed by atoms with van der Waals surface area (Å²) in [6.45, 7) is 4.15. The summed E-state index contributed by atoms with van der Waals surface area (Å²) in [5.41, 5.74) is 8.02. The van der Waals surface area contributed by atoms with E-state index in [1.54, 1.807) is 4.68 Å². The standard InChI is InChI=1S/C9H13BrN6S/c1-4(2)6-8(17-15-12-6)5(11)7-9(10)13-14-16(7)3/h4-5H,11H2,1-3H3. The van der Waals surface area contributed by atoms with E-state index in [1.807, 2.05) is 7.05 Å². The SMILES string of the molecule is CC(C)c1nnsc1C(N)c1c(Br)nnn1C. The van der Waals surface area contributed by atoms with Crippen molar-refractivity contribution >= 4 is 27.5 Å². The zero-order valence-electron chi connectivity index (χ0n) is 9.75. The maximum atomic E-state index is 6.25. The summed E-state index contributed by atoms with van der Waals surface area (Å²) in [6, 6.07) is -0.304. The van der Waals surface area contributed by atoms with E-state index in [9.17, 15) is 0 Å². The summed E-state index contributed by atoms with van der Waals surface area (Å²) in [5, 5.41) is 12.0. The Kier molecular flexibility index (Phi) is 3.55. The fraction of sp³-hybridized carbons (Fsp3) is 0.556. The van der Waals surface area contributed by atoms with Crippen LogP contribution in [0.2, 0.25) is 0 Å². The van der Waals surface area contributed by atoms with E-state index >= 15 is 0 Å². The third-order valence-electron chi connectivity index (χ3n) is 2.49. The summed E-state index contributed by atoms with van der Waals surface area (Å²) >= 11 is 4.68. The first-order chi connectivity index (χ1) is 8.02. The van der Waals surface area contributed by atoms with Crippen molar-refractivity contribution in [1.29, 1.82) is 0 Å². The molecule has 17 heavy (non-hydrogen) atoms. The Morgan fingerprint density at radius 3 is 2.59 bits per heavy atom. The Labute approximate surface area is 112 Å². The number of aryl methyl sites for hydroxylation is 1. The lowest BCUT2D eigenvalue weighted by Crippen LogP contribution is -2.17. The second-order valence-corrected chi connectivity index (χ2v) is 5.58. The molecule has 0 saturated carbocycles. The van der Waals surface area contributed by atoms with Crippen LogP contribution in [-0.2, 0) is 7.05 Å². The molecular formula is C9H13BrN6S. The largest absolute Gasteiger partial charge is 0.318 e. The molecule has 6 nitrogen and oxygen atoms in total. The average molecular weight is 317 g/mol. The molecule has 0 radical (unpaired) electrons. The molecule has 2 rings (SSSR count). The molecular weight excluding hydrogens is 304 g/mol. The van der Waals surface area contributed by atoms with Crippen LogP contribution in [-0.4, -0.2) is 24.6 Å². The van der Waals surface area contributed by atoms with E-state index in [4.69, 9.17) is 5.73 Å². The highest BCUT2D eigenvalue weighted by Gasteiger charge is 2.24. The Bertz CT molecular complexity index is 500. The molecule has 0 bridgehead atoms. The van der Waals surface area contributed by atoms with Gasteiger partial charge in [-0.3, -0.25) is 0 Å². The van der Waals surface area contributed by atoms with Crippen LogP contribution in [0.25, 0.3) is 0 Å². The summed E-state index contributed by atoms with van der Waals surface area (Å²) in [4.78, 5) is 0.964. The van der Waals surface area contributed by atoms with Crippen LogP contribution in [0.15, 0.2) is 4.60 Å². The van der Waals surface area contributed by atoms with Gasteiger partial charge < -0.3 is 5.73 Å². The minimum absolute atomic E-state index is 0.301. The lowest BCUT2D eigenvalue weighted by Gasteiger charge is -2.12. The average Bonchev–Trinajstić information content (AvgIpc) is 2.85. The summed E-state index contributed by atoms with van der Waals surface area (Å²) < 4.78 is 6.31. The van der Waals surface area contributed by atoms with E-state index in [1.165, 1.54) is 11.5 Å². The van der Waals surface area contributed by atoms with Crippen LogP contribution in [0.5, 0.6) is 0 Å². The number of nitrogens with two attached hydrogens (primary N) is 1. The molecule has 1 unspecified atom stereocenters. The van der Waals surface area contributed by atoms with Gasteiger partial charge in [0.05, 0.1) is 22.3 Å². The van der Waals surface area contributed by atoms with Crippen molar-refractivity contribution in [3.8, 4) is 0 Å². The fourth-order valence-electron chi connectivity index (χ4n) is 1.61. The van der Waals surface area contributed by atoms with Crippen LogP contribution in [0.4, 0.5) is 0 Å². The number of hydrogen-bond donors (Lipinski definition) is 1. The Morgan fingerprint density at radius 1 is 1.35 bits per heavy atom. The van der Waals surface area contributed by atoms with Crippen molar-refractivity contribution in [2.75, 3.05) is 0 Å². The Hall–Kier alpha value is -0.860. The van der Waals surface area contributed by atoms with Crippen LogP contribution in [0, 0.1) is 0 Å². The third kappa shape index (κ3) is 2.24. The maximum absolute atomic E-state index is 6.25. The maximum Gasteiger partial charge on any atom is 0.153 e. The highest BCUT2D eigenvalue weighted by atomic mass is 79.9. The third-order valence-corrected chi connectivity index (χ3v) is 3.88. The Morgan fingerprint density at radius 2 is 2.06 bits per heavy atom. The zero-order chi connectivity index (χ0) is 12.6. The number of hydrogen-bond acceptors (Lipinski definition) is 6. The van der Waals surface area contributed by atoms with Crippen molar-refractivity contribution in [2.45, 2.75) is 25.8 Å². The molecule has 0 aromatic carbocycles. The predicted molar refractivity (Wildman–Crippen MR) is 68.7 cm³/mol. The zero-order valence-corrected chi connectivity index (χ0v) is 12.2. The number of rotatable bonds is 3. The molecule has 1 atom stereocenters. The quantitative estimate of drug-likeness (QED) is 0.930. The first kappa shape index (κ1) is 12.6. The minimum atomic E-state index is -0.304. The van der Waals surface area contributed by atoms with Gasteiger partial charge >= 0.3 is 0 Å². The highest BCUT2D eigenvalue weighted by molar-refractivity contribution is 9.10. The molecule has 2 N–H and O–H groups in total. The second kappa shape index (κ2) is 4.79. The van der Waals surface area contributed by atoms with Gasteiger partial charge in [-0.2, -0.15) is 0 Å². The molecule has 8 heteroatoms. The van der Waals surface area contributed by atoms with Crippen LogP contribution >= 0.6 is 27.5 Å². The number of nitrogens with zero attached hydrogens (tertiary/aromatic N) is 5. The molecule has 0 spiro atoms. The molecule has 0 aliphatic carbocycles. The van der Waals surface area contributed by atoms with Gasteiger partial charge in [0.15, 0.2) is 4.60 Å². The smallest absolute Gasteiger partial charge is 0.153 e. The van der Waals surface area contributed by atoms with E-state index in [-0.39, 0.29) is 6.04 Å². The molecule has 0 saturated heterocycles. The first-order valence-corrected chi connectivity index (χ1v) is 6.71. The molecule has 92 valence electrons. The van der Waals surface area contributed by atoms with Gasteiger partial charge in [-0.05, 0) is 33.4 Å². The lowest BCUT2D eigenvalue weighted by molar-refractivity contribution is 0.648. The number of halogens is 1. The molecule has 2 heterocycles. The summed E-state index contributed by atoms with van der Waals surface area (Å²) in [6.07, 6.45) is 0. The van der Waals surface area contributed by atoms with Gasteiger partial charge in [-0.25, -0.2) is 4.68 Å². The summed E-state index contributed by atoms with van der Waals surface area (Å²) in [7, 11) is 1.82. The molecule has 0 aliphatic heterocycles. The minimum Gasteiger partial charge on any atom is -0.318 e. The van der Waals surface area contributed by atoms with Crippen LogP contribution in [0.3, 0.4) is 0 Å². The molecule has 0 aliphatic rings. The highest BCUT2D eigenvalue weighted by Crippen LogP contribution is 2.31. The molecule has 2 aromatic heterocycles. The van der Waals surface area contributed by atoms with Gasteiger partial charge in [0.2, 0.25) is 0 Å². The van der Waals surface area contributed by atoms with Gasteiger partial charge in [-0.15, -0.1) is 10.2 Å². The van der Waals surface area contributed by atoms with E-state index in [0.29, 0.717) is 10.5 Å². The Balaban J connectivity index is 2.44. The lowest BCUT2D eigenvalue weighted by atomic mass is 10.1. The van der Waals surface area contributed by atoms with Crippen molar-refractivity contribution < 1.29 is 0 Å². The van der Waals surface area contributed by atoms with Gasteiger partial charge in [-0.1, -0.05) is 23.5 Å². The fourth-order valence-corrected chi connectivity index (χ4v) is 3.00. The van der Waals surface area contributed by atoms with Crippen molar-refractivity contribution in [2.24, 2.45) is 12.8 Å². The predicted octanol–water partition coefficient (Wildman–Crippen LogP) is 1.60. The van der Waals surface area contributed by atoms with E-state index in [2.05, 4.69) is 49.7 Å². The molecule has 0 amide bonds. The van der Waals surface area contributed by atoms with Gasteiger partial charge in [0, 0.05) is 7.05 Å². The number of aromatic nitrogens is 5. The van der Waals surface area contributed by atoms with Crippen LogP contribution < -0.4 is 5.73 Å². The topological polar surface area (TPSA) is 82.5 Å². The monoisotopic (exact) mass is 316 g/mol. The summed E-state index contributed by atoms with van der Waals surface area (Å²) in [5.74, 6) is 0.301. The van der Waals surface area contributed by atoms with Gasteiger partial charge in [0.1, 0.15) is 0 Å². The van der Waals surface area contributed by atoms with Gasteiger partial charge in [0.25, 0.3) is 0 Å². The van der Waals surface area contributed by atoms with E-state index < -0.39 is 0 Å².